The minimum absolute atomic E-state index is 0.144. The third-order valence-corrected chi connectivity index (χ3v) is 1.92. The zero-order valence-corrected chi connectivity index (χ0v) is 9.19. The molecule has 0 radical (unpaired) electrons. The summed E-state index contributed by atoms with van der Waals surface area (Å²) in [6.07, 6.45) is -2.65. The zero-order valence-electron chi connectivity index (χ0n) is 7.61. The number of rotatable bonds is 1. The fraction of sp³-hybridized carbons (Fsp3) is 0.300. The van der Waals surface area contributed by atoms with Gasteiger partial charge in [-0.3, -0.25) is 0 Å². The third-order valence-electron chi connectivity index (χ3n) is 1.52. The van der Waals surface area contributed by atoms with Gasteiger partial charge >= 0.3 is 6.18 Å². The lowest BCUT2D eigenvalue weighted by Gasteiger charge is -2.05. The highest BCUT2D eigenvalue weighted by atomic mass is 79.9. The van der Waals surface area contributed by atoms with Crippen LogP contribution < -0.4 is 0 Å². The van der Waals surface area contributed by atoms with E-state index in [0.717, 1.165) is 18.3 Å². The van der Waals surface area contributed by atoms with Gasteiger partial charge in [-0.25, -0.2) is 4.98 Å². The molecule has 0 N–H and O–H groups in total. The van der Waals surface area contributed by atoms with Crippen molar-refractivity contribution in [3.8, 4) is 11.8 Å². The van der Waals surface area contributed by atoms with Gasteiger partial charge in [0.15, 0.2) is 0 Å². The Balaban J connectivity index is 2.90. The molecule has 0 bridgehead atoms. The normalized spacial score (nSPS) is 10.7. The summed E-state index contributed by atoms with van der Waals surface area (Å²) >= 11 is 3.17. The van der Waals surface area contributed by atoms with Crippen LogP contribution in [0.15, 0.2) is 18.3 Å². The highest BCUT2D eigenvalue weighted by molar-refractivity contribution is 9.09. The molecule has 1 aromatic heterocycles. The summed E-state index contributed by atoms with van der Waals surface area (Å²) in [5, 5.41) is 0.693. The molecule has 0 aliphatic heterocycles. The second-order valence-corrected chi connectivity index (χ2v) is 3.46. The second kappa shape index (κ2) is 5.17. The van der Waals surface area contributed by atoms with Gasteiger partial charge in [-0.05, 0) is 18.1 Å². The minimum Gasteiger partial charge on any atom is -0.248 e. The molecule has 0 spiro atoms. The minimum atomic E-state index is -4.34. The number of hydrogen-bond donors (Lipinski definition) is 0. The van der Waals surface area contributed by atoms with Gasteiger partial charge in [0, 0.05) is 17.9 Å². The average Bonchev–Trinajstić information content (AvgIpc) is 2.17. The smallest absolute Gasteiger partial charge is 0.248 e. The van der Waals surface area contributed by atoms with E-state index >= 15 is 0 Å². The van der Waals surface area contributed by atoms with Gasteiger partial charge in [-0.1, -0.05) is 21.9 Å². The van der Waals surface area contributed by atoms with E-state index in [0.29, 0.717) is 11.8 Å². The molecule has 1 rings (SSSR count). The van der Waals surface area contributed by atoms with E-state index in [9.17, 15) is 13.2 Å². The number of halogens is 4. The van der Waals surface area contributed by atoms with Crippen LogP contribution >= 0.6 is 15.9 Å². The summed E-state index contributed by atoms with van der Waals surface area (Å²) in [5.41, 5.74) is -0.577. The van der Waals surface area contributed by atoms with Crippen molar-refractivity contribution in [1.82, 2.24) is 4.98 Å². The van der Waals surface area contributed by atoms with E-state index in [1.807, 2.05) is 0 Å². The first-order valence-electron chi connectivity index (χ1n) is 4.12. The van der Waals surface area contributed by atoms with Gasteiger partial charge in [-0.2, -0.15) is 13.2 Å². The van der Waals surface area contributed by atoms with Gasteiger partial charge < -0.3 is 0 Å². The largest absolute Gasteiger partial charge is 0.416 e. The van der Waals surface area contributed by atoms with Crippen molar-refractivity contribution < 1.29 is 13.2 Å². The van der Waals surface area contributed by atoms with Crippen molar-refractivity contribution in [2.45, 2.75) is 12.6 Å². The van der Waals surface area contributed by atoms with Crippen molar-refractivity contribution >= 4 is 15.9 Å². The Morgan fingerprint density at radius 2 is 2.13 bits per heavy atom. The summed E-state index contributed by atoms with van der Waals surface area (Å²) in [4.78, 5) is 3.74. The molecule has 0 aliphatic rings. The van der Waals surface area contributed by atoms with E-state index in [4.69, 9.17) is 0 Å². The Labute approximate surface area is 93.8 Å². The number of pyridine rings is 1. The molecule has 0 aromatic carbocycles. The zero-order chi connectivity index (χ0) is 11.3. The summed E-state index contributed by atoms with van der Waals surface area (Å²) < 4.78 is 36.8. The van der Waals surface area contributed by atoms with Crippen molar-refractivity contribution in [3.05, 3.63) is 29.6 Å². The molecular weight excluding hydrogens is 271 g/mol. The van der Waals surface area contributed by atoms with Crippen LogP contribution in [0.4, 0.5) is 13.2 Å². The molecule has 1 heterocycles. The summed E-state index contributed by atoms with van der Waals surface area (Å²) in [6, 6.07) is 1.87. The van der Waals surface area contributed by atoms with Gasteiger partial charge in [0.25, 0.3) is 0 Å². The molecule has 5 heteroatoms. The molecular formula is C10H7BrF3N. The standard InChI is InChI=1S/C10H7BrF3N/c11-5-2-1-3-9-7-8(4-6-15-9)10(12,13)14/h4,6-7H,2,5H2. The van der Waals surface area contributed by atoms with Gasteiger partial charge in [-0.15, -0.1) is 0 Å². The maximum Gasteiger partial charge on any atom is 0.416 e. The molecule has 0 atom stereocenters. The molecule has 0 saturated carbocycles. The molecule has 0 unspecified atom stereocenters. The topological polar surface area (TPSA) is 12.9 Å². The maximum absolute atomic E-state index is 12.3. The molecule has 1 aromatic rings. The van der Waals surface area contributed by atoms with E-state index < -0.39 is 11.7 Å². The summed E-state index contributed by atoms with van der Waals surface area (Å²) in [7, 11) is 0. The monoisotopic (exact) mass is 277 g/mol. The Bertz CT molecular complexity index is 390. The van der Waals surface area contributed by atoms with Crippen LogP contribution in [0.2, 0.25) is 0 Å². The van der Waals surface area contributed by atoms with E-state index in [1.54, 1.807) is 0 Å². The molecule has 0 fully saturated rings. The van der Waals surface area contributed by atoms with Crippen molar-refractivity contribution in [2.75, 3.05) is 5.33 Å². The van der Waals surface area contributed by atoms with Gasteiger partial charge in [0.1, 0.15) is 5.69 Å². The number of hydrogen-bond acceptors (Lipinski definition) is 1. The van der Waals surface area contributed by atoms with Gasteiger partial charge in [0.05, 0.1) is 5.56 Å². The number of alkyl halides is 4. The van der Waals surface area contributed by atoms with Crippen LogP contribution in [0.1, 0.15) is 17.7 Å². The Morgan fingerprint density at radius 3 is 2.73 bits per heavy atom. The fourth-order valence-corrected chi connectivity index (χ4v) is 1.07. The number of aromatic nitrogens is 1. The van der Waals surface area contributed by atoms with Gasteiger partial charge in [0.2, 0.25) is 0 Å². The highest BCUT2D eigenvalue weighted by Gasteiger charge is 2.30. The molecule has 0 amide bonds. The van der Waals surface area contributed by atoms with Crippen molar-refractivity contribution in [1.29, 1.82) is 0 Å². The van der Waals surface area contributed by atoms with Crippen LogP contribution in [-0.4, -0.2) is 10.3 Å². The summed E-state index contributed by atoms with van der Waals surface area (Å²) in [6.45, 7) is 0. The third kappa shape index (κ3) is 3.92. The lowest BCUT2D eigenvalue weighted by atomic mass is 10.2. The van der Waals surface area contributed by atoms with Crippen LogP contribution in [0.5, 0.6) is 0 Å². The van der Waals surface area contributed by atoms with E-state index in [2.05, 4.69) is 32.8 Å². The first-order chi connectivity index (χ1) is 7.04. The Kier molecular flexibility index (Phi) is 4.15. The second-order valence-electron chi connectivity index (χ2n) is 2.67. The van der Waals surface area contributed by atoms with Crippen LogP contribution in [0, 0.1) is 11.8 Å². The molecule has 1 nitrogen and oxygen atoms in total. The predicted octanol–water partition coefficient (Wildman–Crippen LogP) is 3.24. The van der Waals surface area contributed by atoms with Crippen LogP contribution in [0.25, 0.3) is 0 Å². The van der Waals surface area contributed by atoms with Crippen LogP contribution in [0.3, 0.4) is 0 Å². The SMILES string of the molecule is FC(F)(F)c1ccnc(C#CCCBr)c1. The highest BCUT2D eigenvalue weighted by Crippen LogP contribution is 2.28. The first kappa shape index (κ1) is 12.1. The van der Waals surface area contributed by atoms with E-state index in [1.165, 1.54) is 0 Å². The first-order valence-corrected chi connectivity index (χ1v) is 5.24. The van der Waals surface area contributed by atoms with E-state index in [-0.39, 0.29) is 5.69 Å². The average molecular weight is 278 g/mol. The van der Waals surface area contributed by atoms with Crippen molar-refractivity contribution in [3.63, 3.8) is 0 Å². The van der Waals surface area contributed by atoms with Crippen LogP contribution in [-0.2, 0) is 6.18 Å². The van der Waals surface area contributed by atoms with Crippen molar-refractivity contribution in [2.24, 2.45) is 0 Å². The summed E-state index contributed by atoms with van der Waals surface area (Å²) in [5.74, 6) is 5.27. The lowest BCUT2D eigenvalue weighted by Crippen LogP contribution is -2.05. The fourth-order valence-electron chi connectivity index (χ4n) is 0.876. The lowest BCUT2D eigenvalue weighted by molar-refractivity contribution is -0.137. The maximum atomic E-state index is 12.3. The predicted molar refractivity (Wildman–Crippen MR) is 54.5 cm³/mol. The Hall–Kier alpha value is -1.02. The number of nitrogens with zero attached hydrogens (tertiary/aromatic N) is 1. The molecule has 80 valence electrons. The molecule has 0 aliphatic carbocycles. The Morgan fingerprint density at radius 1 is 1.40 bits per heavy atom. The molecule has 0 saturated heterocycles. The quantitative estimate of drug-likeness (QED) is 0.567. The molecule has 15 heavy (non-hydrogen) atoms.